The standard InChI is InChI=1S/C30H39N3O9S6/c34-25-31(13-16-40-28(37)46-43-19-22-7-1-2-8-22)26(35)33(15-18-42-30(39)48-45-21-24-11-5-6-12-24)27(36)32(25)14-17-41-29(38)47-44-20-23-9-3-4-10-23/h7,9,11H,1-6,8,10,12-21H2/p+3. The Kier molecular flexibility index (Phi) is 17.3. The van der Waals surface area contributed by atoms with E-state index in [1.165, 1.54) is 49.1 Å². The number of hydrogen-bond donors (Lipinski definition) is 0. The van der Waals surface area contributed by atoms with Crippen molar-refractivity contribution in [1.82, 2.24) is 13.7 Å². The maximum absolute atomic E-state index is 13.3. The molecule has 0 saturated carbocycles. The van der Waals surface area contributed by atoms with E-state index in [9.17, 15) is 28.8 Å². The summed E-state index contributed by atoms with van der Waals surface area (Å²) < 4.78 is 18.6. The van der Waals surface area contributed by atoms with Crippen molar-refractivity contribution in [2.75, 3.05) is 37.1 Å². The highest BCUT2D eigenvalue weighted by Crippen LogP contribution is 2.31. The van der Waals surface area contributed by atoms with Crippen molar-refractivity contribution in [2.45, 2.75) is 77.4 Å². The van der Waals surface area contributed by atoms with Crippen LogP contribution in [-0.4, -0.2) is 81.1 Å². The minimum Gasteiger partial charge on any atom is -0.329 e. The fourth-order valence-electron chi connectivity index (χ4n) is 5.07. The average molecular weight is 781 g/mol. The Morgan fingerprint density at radius 2 is 0.833 bits per heavy atom. The quantitative estimate of drug-likeness (QED) is 0.0641. The number of hydrogen-bond acceptors (Lipinski definition) is 12. The first-order valence-electron chi connectivity index (χ1n) is 15.7. The van der Waals surface area contributed by atoms with Gasteiger partial charge in [0.1, 0.15) is 0 Å². The summed E-state index contributed by atoms with van der Waals surface area (Å²) in [5.74, 6) is 2.30. The van der Waals surface area contributed by atoms with E-state index in [4.69, 9.17) is 14.2 Å². The maximum Gasteiger partial charge on any atom is 0.561 e. The van der Waals surface area contributed by atoms with Gasteiger partial charge in [0.05, 0.1) is 52.0 Å². The molecule has 0 saturated heterocycles. The Balaban J connectivity index is 1.33. The third-order valence-electron chi connectivity index (χ3n) is 7.54. The molecule has 3 aliphatic rings. The first-order valence-corrected chi connectivity index (χ1v) is 22.7. The van der Waals surface area contributed by atoms with E-state index in [0.29, 0.717) is 0 Å². The lowest BCUT2D eigenvalue weighted by atomic mass is 10.3. The monoisotopic (exact) mass is 780 g/mol. The number of ether oxygens (including phenoxy) is 3. The molecule has 0 spiro atoms. The summed E-state index contributed by atoms with van der Waals surface area (Å²) in [6.45, 7) is -1.29. The third-order valence-corrected chi connectivity index (χ3v) is 13.5. The summed E-state index contributed by atoms with van der Waals surface area (Å²) >= 11 is 0. The molecular formula is C30H42N3O9S6+3. The van der Waals surface area contributed by atoms with Crippen molar-refractivity contribution >= 4 is 80.7 Å². The number of nitrogens with zero attached hydrogens (tertiary/aromatic N) is 3. The summed E-state index contributed by atoms with van der Waals surface area (Å²) in [5.41, 5.74) is 1.37. The van der Waals surface area contributed by atoms with Crippen LogP contribution >= 0.6 is 64.8 Å². The van der Waals surface area contributed by atoms with Gasteiger partial charge in [-0.3, -0.25) is 0 Å². The van der Waals surface area contributed by atoms with Crippen LogP contribution in [0.5, 0.6) is 0 Å². The third kappa shape index (κ3) is 13.1. The van der Waals surface area contributed by atoms with Gasteiger partial charge in [-0.05, 0) is 57.8 Å². The maximum atomic E-state index is 13.3. The minimum absolute atomic E-state index is 0.194. The van der Waals surface area contributed by atoms with Crippen molar-refractivity contribution < 1.29 is 28.6 Å². The molecule has 18 heteroatoms. The molecule has 3 N–H and O–H groups in total. The van der Waals surface area contributed by atoms with Gasteiger partial charge in [0.2, 0.25) is 19.8 Å². The smallest absolute Gasteiger partial charge is 0.329 e. The molecule has 48 heavy (non-hydrogen) atoms. The largest absolute Gasteiger partial charge is 0.561 e. The zero-order chi connectivity index (χ0) is 34.1. The topological polar surface area (TPSA) is 158 Å². The molecule has 0 atom stereocenters. The van der Waals surface area contributed by atoms with Crippen molar-refractivity contribution in [3.05, 3.63) is 66.4 Å². The fraction of sp³-hybridized carbons (Fsp3) is 0.600. The zero-order valence-corrected chi connectivity index (χ0v) is 31.4. The van der Waals surface area contributed by atoms with E-state index >= 15 is 0 Å². The summed E-state index contributed by atoms with van der Waals surface area (Å²) in [7, 11) is 7.51. The molecule has 0 unspecified atom stereocenters. The second-order valence-corrected chi connectivity index (χ2v) is 17.7. The van der Waals surface area contributed by atoms with Crippen LogP contribution in [0.4, 0.5) is 0 Å². The predicted molar refractivity (Wildman–Crippen MR) is 204 cm³/mol. The highest BCUT2D eigenvalue weighted by atomic mass is 33.1. The van der Waals surface area contributed by atoms with Gasteiger partial charge in [-0.2, -0.15) is 0 Å². The number of allylic oxidation sites excluding steroid dienone is 3. The molecule has 12 nitrogen and oxygen atoms in total. The van der Waals surface area contributed by atoms with E-state index in [1.807, 2.05) is 0 Å². The second-order valence-electron chi connectivity index (χ2n) is 10.9. The summed E-state index contributed by atoms with van der Waals surface area (Å²) in [6, 6.07) is 0. The van der Waals surface area contributed by atoms with E-state index in [-0.39, 0.29) is 55.4 Å². The number of aromatic nitrogens is 3. The fourth-order valence-corrected chi connectivity index (χ4v) is 10.4. The molecule has 3 aliphatic carbocycles. The first kappa shape index (κ1) is 38.9. The first-order chi connectivity index (χ1) is 23.3. The summed E-state index contributed by atoms with van der Waals surface area (Å²) in [5, 5.41) is -0.880. The zero-order valence-electron chi connectivity index (χ0n) is 26.5. The lowest BCUT2D eigenvalue weighted by Gasteiger charge is -2.11. The highest BCUT2D eigenvalue weighted by Gasteiger charge is 2.23. The van der Waals surface area contributed by atoms with Crippen LogP contribution in [0.25, 0.3) is 0 Å². The Morgan fingerprint density at radius 3 is 1.08 bits per heavy atom. The van der Waals surface area contributed by atoms with Crippen LogP contribution in [0.2, 0.25) is 0 Å². The van der Waals surface area contributed by atoms with Crippen molar-refractivity contribution in [3.8, 4) is 0 Å². The molecule has 4 rings (SSSR count). The van der Waals surface area contributed by atoms with Gasteiger partial charge in [-0.1, -0.05) is 67.3 Å². The van der Waals surface area contributed by atoms with Gasteiger partial charge < -0.3 is 28.6 Å². The molecule has 0 bridgehead atoms. The molecule has 0 aliphatic heterocycles. The molecule has 264 valence electrons. The number of carbonyl (C=O) groups excluding carboxylic acids is 3. The van der Waals surface area contributed by atoms with Crippen LogP contribution in [0.1, 0.15) is 57.8 Å². The Labute approximate surface area is 302 Å². The molecule has 0 aromatic carbocycles. The van der Waals surface area contributed by atoms with Crippen LogP contribution < -0.4 is 17.1 Å². The predicted octanol–water partition coefficient (Wildman–Crippen LogP) is 5.08. The van der Waals surface area contributed by atoms with Gasteiger partial charge in [0.25, 0.3) is 0 Å². The van der Waals surface area contributed by atoms with Crippen molar-refractivity contribution in [1.29, 1.82) is 0 Å². The minimum atomic E-state index is -0.874. The summed E-state index contributed by atoms with van der Waals surface area (Å²) in [6.07, 6.45) is 16.4. The molecule has 0 fully saturated rings. The van der Waals surface area contributed by atoms with E-state index < -0.39 is 17.1 Å². The molecule has 1 aromatic rings. The molecule has 0 amide bonds. The van der Waals surface area contributed by atoms with Crippen molar-refractivity contribution in [2.24, 2.45) is 0 Å². The molecule has 1 aromatic heterocycles. The lowest BCUT2D eigenvalue weighted by molar-refractivity contribution is 0.237. The van der Waals surface area contributed by atoms with Crippen molar-refractivity contribution in [3.63, 3.8) is 0 Å². The van der Waals surface area contributed by atoms with Crippen LogP contribution in [-0.2, 0) is 33.8 Å². The Bertz CT molecular complexity index is 1350. The highest BCUT2D eigenvalue weighted by molar-refractivity contribution is 8.82. The summed E-state index contributed by atoms with van der Waals surface area (Å²) in [4.78, 5) is 70.4. The second kappa shape index (κ2) is 21.4. The molecular weight excluding hydrogens is 739 g/mol. The average Bonchev–Trinajstić information content (AvgIpc) is 3.88. The normalized spacial score (nSPS) is 15.6. The van der Waals surface area contributed by atoms with E-state index in [1.54, 1.807) is 0 Å². The van der Waals surface area contributed by atoms with Crippen LogP contribution in [0.15, 0.2) is 49.3 Å². The Morgan fingerprint density at radius 1 is 0.542 bits per heavy atom. The van der Waals surface area contributed by atoms with Gasteiger partial charge in [0, 0.05) is 17.3 Å². The number of rotatable bonds is 18. The van der Waals surface area contributed by atoms with Gasteiger partial charge in [-0.25, -0.2) is 28.1 Å². The van der Waals surface area contributed by atoms with Gasteiger partial charge in [-0.15, -0.1) is 0 Å². The van der Waals surface area contributed by atoms with E-state index in [2.05, 4.69) is 18.2 Å². The Hall–Kier alpha value is -1.86. The molecule has 0 radical (unpaired) electrons. The SMILES string of the molecule is O=c1n(CCOC(=[OH+])SSCC2=CCCC2)c(=O)n(CCOC(=[OH+])SSCC2=CCCC2)c(=O)n1CCOC(=[OH+])SSCC1=CCCC1. The van der Waals surface area contributed by atoms with E-state index in [0.717, 1.165) is 121 Å². The van der Waals surface area contributed by atoms with Crippen LogP contribution in [0.3, 0.4) is 0 Å². The van der Waals surface area contributed by atoms with Crippen LogP contribution in [0, 0.1) is 0 Å². The van der Waals surface area contributed by atoms with Gasteiger partial charge >= 0.3 is 33.0 Å². The van der Waals surface area contributed by atoms with Gasteiger partial charge in [0.15, 0.2) is 0 Å². The lowest BCUT2D eigenvalue weighted by Crippen LogP contribution is -2.55. The molecule has 1 heterocycles.